The van der Waals surface area contributed by atoms with E-state index in [9.17, 15) is 31.9 Å². The van der Waals surface area contributed by atoms with Crippen LogP contribution in [0.3, 0.4) is 0 Å². The number of nitrogens with zero attached hydrogens (tertiary/aromatic N) is 2. The molecule has 0 aromatic heterocycles. The second kappa shape index (κ2) is 11.0. The first-order chi connectivity index (χ1) is 17.2. The van der Waals surface area contributed by atoms with Gasteiger partial charge in [-0.3, -0.25) is 4.79 Å². The Hall–Kier alpha value is -3.25. The summed E-state index contributed by atoms with van der Waals surface area (Å²) < 4.78 is 55.2. The van der Waals surface area contributed by atoms with Crippen LogP contribution in [0.2, 0.25) is 0 Å². The number of benzene rings is 1. The van der Waals surface area contributed by atoms with E-state index >= 15 is 0 Å². The van der Waals surface area contributed by atoms with Gasteiger partial charge in [0.1, 0.15) is 11.6 Å². The SMILES string of the molecule is CNC(=O)N1CC(C(C)(C)NC(C)=O)C[C@@H](N(C(=O)NCc2ccc(OC(F)(F)F)cc2F)C2CC2)C1. The van der Waals surface area contributed by atoms with Crippen molar-refractivity contribution in [2.45, 2.75) is 70.6 Å². The van der Waals surface area contributed by atoms with E-state index in [2.05, 4.69) is 20.7 Å². The number of carbonyl (C=O) groups excluding carboxylic acids is 3. The number of amides is 5. The highest BCUT2D eigenvalue weighted by molar-refractivity contribution is 5.77. The van der Waals surface area contributed by atoms with Crippen LogP contribution in [-0.2, 0) is 11.3 Å². The van der Waals surface area contributed by atoms with Crippen LogP contribution in [0.15, 0.2) is 18.2 Å². The number of hydrogen-bond acceptors (Lipinski definition) is 4. The van der Waals surface area contributed by atoms with E-state index in [1.165, 1.54) is 14.0 Å². The summed E-state index contributed by atoms with van der Waals surface area (Å²) in [5.41, 5.74) is -0.648. The molecule has 9 nitrogen and oxygen atoms in total. The Morgan fingerprint density at radius 2 is 1.81 bits per heavy atom. The Morgan fingerprint density at radius 1 is 1.14 bits per heavy atom. The highest BCUT2D eigenvalue weighted by Gasteiger charge is 2.45. The molecule has 1 saturated carbocycles. The minimum absolute atomic E-state index is 0.000999. The van der Waals surface area contributed by atoms with E-state index in [0.717, 1.165) is 25.0 Å². The number of ether oxygens (including phenoxy) is 1. The van der Waals surface area contributed by atoms with Crippen molar-refractivity contribution >= 4 is 18.0 Å². The van der Waals surface area contributed by atoms with E-state index in [4.69, 9.17) is 0 Å². The van der Waals surface area contributed by atoms with Gasteiger partial charge in [0, 0.05) is 62.7 Å². The second-order valence-electron chi connectivity index (χ2n) is 10.0. The van der Waals surface area contributed by atoms with Crippen molar-refractivity contribution in [3.05, 3.63) is 29.6 Å². The molecule has 1 aliphatic heterocycles. The number of nitrogens with one attached hydrogen (secondary N) is 3. The monoisotopic (exact) mass is 531 g/mol. The van der Waals surface area contributed by atoms with E-state index in [1.807, 2.05) is 13.8 Å². The summed E-state index contributed by atoms with van der Waals surface area (Å²) >= 11 is 0. The zero-order chi connectivity index (χ0) is 27.5. The molecule has 1 aliphatic carbocycles. The summed E-state index contributed by atoms with van der Waals surface area (Å²) in [7, 11) is 1.52. The zero-order valence-electron chi connectivity index (χ0n) is 21.2. The molecule has 206 valence electrons. The number of hydrogen-bond donors (Lipinski definition) is 3. The van der Waals surface area contributed by atoms with Gasteiger partial charge in [0.15, 0.2) is 0 Å². The number of halogens is 4. The number of alkyl halides is 3. The molecule has 1 aromatic carbocycles. The highest BCUT2D eigenvalue weighted by atomic mass is 19.4. The normalized spacial score (nSPS) is 20.2. The van der Waals surface area contributed by atoms with Crippen molar-refractivity contribution in [3.63, 3.8) is 0 Å². The number of urea groups is 2. The molecule has 1 heterocycles. The largest absolute Gasteiger partial charge is 0.573 e. The predicted octanol–water partition coefficient (Wildman–Crippen LogP) is 3.34. The Kier molecular flexibility index (Phi) is 8.43. The quantitative estimate of drug-likeness (QED) is 0.470. The van der Waals surface area contributed by atoms with Gasteiger partial charge in [-0.05, 0) is 39.2 Å². The van der Waals surface area contributed by atoms with Crippen molar-refractivity contribution in [1.29, 1.82) is 0 Å². The van der Waals surface area contributed by atoms with Crippen LogP contribution in [0.5, 0.6) is 5.75 Å². The van der Waals surface area contributed by atoms with Gasteiger partial charge in [-0.15, -0.1) is 13.2 Å². The third-order valence-electron chi connectivity index (χ3n) is 6.70. The molecular weight excluding hydrogens is 498 g/mol. The fourth-order valence-electron chi connectivity index (χ4n) is 4.79. The second-order valence-corrected chi connectivity index (χ2v) is 10.0. The van der Waals surface area contributed by atoms with Crippen molar-refractivity contribution in [3.8, 4) is 5.75 Å². The number of carbonyl (C=O) groups is 3. The summed E-state index contributed by atoms with van der Waals surface area (Å²) in [5.74, 6) is -1.99. The van der Waals surface area contributed by atoms with Gasteiger partial charge in [0.05, 0.1) is 6.04 Å². The molecule has 0 spiro atoms. The lowest BCUT2D eigenvalue weighted by Gasteiger charge is -2.47. The molecular formula is C24H33F4N5O4. The Balaban J connectivity index is 1.75. The first kappa shape index (κ1) is 28.3. The number of rotatable bonds is 7. The molecule has 13 heteroatoms. The van der Waals surface area contributed by atoms with Gasteiger partial charge < -0.3 is 30.5 Å². The third-order valence-corrected chi connectivity index (χ3v) is 6.70. The fraction of sp³-hybridized carbons (Fsp3) is 0.625. The zero-order valence-corrected chi connectivity index (χ0v) is 21.2. The molecule has 2 atom stereocenters. The molecule has 2 aliphatic rings. The van der Waals surface area contributed by atoms with Crippen molar-refractivity contribution in [2.24, 2.45) is 5.92 Å². The molecule has 1 unspecified atom stereocenters. The molecule has 1 aromatic rings. The topological polar surface area (TPSA) is 103 Å². The number of likely N-dealkylation sites (tertiary alicyclic amines) is 1. The minimum Gasteiger partial charge on any atom is -0.406 e. The van der Waals surface area contributed by atoms with E-state index in [0.29, 0.717) is 19.0 Å². The van der Waals surface area contributed by atoms with Gasteiger partial charge in [-0.2, -0.15) is 0 Å². The molecule has 5 amide bonds. The maximum absolute atomic E-state index is 14.4. The van der Waals surface area contributed by atoms with Crippen molar-refractivity contribution in [1.82, 2.24) is 25.8 Å². The predicted molar refractivity (Wildman–Crippen MR) is 126 cm³/mol. The van der Waals surface area contributed by atoms with Crippen LogP contribution in [0.25, 0.3) is 0 Å². The fourth-order valence-corrected chi connectivity index (χ4v) is 4.79. The van der Waals surface area contributed by atoms with Crippen LogP contribution in [0, 0.1) is 11.7 Å². The smallest absolute Gasteiger partial charge is 0.406 e. The maximum Gasteiger partial charge on any atom is 0.573 e. The van der Waals surface area contributed by atoms with Gasteiger partial charge in [0.2, 0.25) is 5.91 Å². The Bertz CT molecular complexity index is 1020. The minimum atomic E-state index is -4.94. The van der Waals surface area contributed by atoms with Crippen molar-refractivity contribution in [2.75, 3.05) is 20.1 Å². The Morgan fingerprint density at radius 3 is 2.35 bits per heavy atom. The van der Waals surface area contributed by atoms with Crippen LogP contribution < -0.4 is 20.7 Å². The molecule has 3 N–H and O–H groups in total. The first-order valence-corrected chi connectivity index (χ1v) is 12.1. The molecule has 3 rings (SSSR count). The van der Waals surface area contributed by atoms with Crippen LogP contribution in [0.1, 0.15) is 45.6 Å². The number of piperidine rings is 1. The average molecular weight is 532 g/mol. The highest BCUT2D eigenvalue weighted by Crippen LogP contribution is 2.35. The lowest BCUT2D eigenvalue weighted by molar-refractivity contribution is -0.274. The lowest BCUT2D eigenvalue weighted by atomic mass is 9.79. The van der Waals surface area contributed by atoms with Gasteiger partial charge in [-0.25, -0.2) is 14.0 Å². The molecule has 37 heavy (non-hydrogen) atoms. The standard InChI is InChI=1S/C24H33F4N5O4/c1-14(34)31-23(2,3)16-9-18(13-32(12-16)21(35)29-4)33(17-6-7-17)22(36)30-11-15-5-8-19(10-20(15)25)37-24(26,27)28/h5,8,10,16-18H,6-7,9,11-13H2,1-4H3,(H,29,35)(H,30,36)(H,31,34)/t16?,18-/m1/s1. The molecule has 0 radical (unpaired) electrons. The van der Waals surface area contributed by atoms with Crippen LogP contribution in [-0.4, -0.2) is 71.9 Å². The van der Waals surface area contributed by atoms with E-state index < -0.39 is 29.5 Å². The molecule has 2 fully saturated rings. The molecule has 1 saturated heterocycles. The lowest BCUT2D eigenvalue weighted by Crippen LogP contribution is -2.62. The van der Waals surface area contributed by atoms with E-state index in [-0.39, 0.29) is 48.6 Å². The van der Waals surface area contributed by atoms with Crippen LogP contribution >= 0.6 is 0 Å². The van der Waals surface area contributed by atoms with Crippen LogP contribution in [0.4, 0.5) is 27.2 Å². The first-order valence-electron chi connectivity index (χ1n) is 12.1. The maximum atomic E-state index is 14.4. The van der Waals surface area contributed by atoms with Crippen molar-refractivity contribution < 1.29 is 36.7 Å². The van der Waals surface area contributed by atoms with Gasteiger partial charge in [0.25, 0.3) is 0 Å². The third kappa shape index (κ3) is 7.62. The summed E-state index contributed by atoms with van der Waals surface area (Å²) in [6.45, 7) is 5.60. The summed E-state index contributed by atoms with van der Waals surface area (Å²) in [4.78, 5) is 40.9. The van der Waals surface area contributed by atoms with E-state index in [1.54, 1.807) is 9.80 Å². The molecule has 0 bridgehead atoms. The summed E-state index contributed by atoms with van der Waals surface area (Å²) in [5, 5.41) is 8.21. The average Bonchev–Trinajstić information content (AvgIpc) is 3.61. The van der Waals surface area contributed by atoms with Gasteiger partial charge in [-0.1, -0.05) is 6.07 Å². The van der Waals surface area contributed by atoms with Gasteiger partial charge >= 0.3 is 18.4 Å². The summed E-state index contributed by atoms with van der Waals surface area (Å²) in [6.07, 6.45) is -2.85. The Labute approximate surface area is 212 Å². The summed E-state index contributed by atoms with van der Waals surface area (Å²) in [6, 6.07) is 1.55.